The molecule has 6 nitrogen and oxygen atoms in total. The summed E-state index contributed by atoms with van der Waals surface area (Å²) in [6.45, 7) is 0. The maximum absolute atomic E-state index is 12.7. The molecule has 36 heavy (non-hydrogen) atoms. The molecule has 5 aromatic rings. The van der Waals surface area contributed by atoms with Crippen molar-refractivity contribution in [2.45, 2.75) is 0 Å². The third-order valence-corrected chi connectivity index (χ3v) is 7.16. The summed E-state index contributed by atoms with van der Waals surface area (Å²) in [5, 5.41) is 11.6. The number of thiazole rings is 2. The molecular formula is C26H16Cl2N4O2S2. The zero-order valence-electron chi connectivity index (χ0n) is 18.4. The Morgan fingerprint density at radius 2 is 0.944 bits per heavy atom. The van der Waals surface area contributed by atoms with Crippen LogP contribution in [0, 0.1) is 0 Å². The van der Waals surface area contributed by atoms with E-state index in [0.29, 0.717) is 31.4 Å². The number of hydrogen-bond acceptors (Lipinski definition) is 6. The summed E-state index contributed by atoms with van der Waals surface area (Å²) < 4.78 is 0. The molecule has 0 saturated carbocycles. The van der Waals surface area contributed by atoms with Gasteiger partial charge in [-0.3, -0.25) is 20.2 Å². The number of nitrogens with zero attached hydrogens (tertiary/aromatic N) is 2. The highest BCUT2D eigenvalue weighted by Crippen LogP contribution is 2.27. The van der Waals surface area contributed by atoms with E-state index in [0.717, 1.165) is 22.5 Å². The largest absolute Gasteiger partial charge is 0.298 e. The van der Waals surface area contributed by atoms with Gasteiger partial charge in [0, 0.05) is 43.1 Å². The molecule has 0 bridgehead atoms. The molecule has 3 aromatic carbocycles. The van der Waals surface area contributed by atoms with Gasteiger partial charge < -0.3 is 0 Å². The number of amides is 2. The van der Waals surface area contributed by atoms with Crippen LogP contribution >= 0.6 is 45.9 Å². The molecule has 0 aliphatic rings. The molecule has 0 radical (unpaired) electrons. The summed E-state index contributed by atoms with van der Waals surface area (Å²) in [6.07, 6.45) is 0. The lowest BCUT2D eigenvalue weighted by atomic mass is 10.1. The molecule has 10 heteroatoms. The third-order valence-electron chi connectivity index (χ3n) is 5.14. The highest BCUT2D eigenvalue weighted by Gasteiger charge is 2.13. The second-order valence-corrected chi connectivity index (χ2v) is 10.2. The van der Waals surface area contributed by atoms with Crippen molar-refractivity contribution in [1.29, 1.82) is 0 Å². The van der Waals surface area contributed by atoms with Crippen LogP contribution in [-0.2, 0) is 0 Å². The van der Waals surface area contributed by atoms with Crippen molar-refractivity contribution in [2.75, 3.05) is 10.6 Å². The first-order valence-corrected chi connectivity index (χ1v) is 13.1. The van der Waals surface area contributed by atoms with Crippen LogP contribution in [0.5, 0.6) is 0 Å². The number of rotatable bonds is 6. The third kappa shape index (κ3) is 5.63. The molecule has 2 N–H and O–H groups in total. The summed E-state index contributed by atoms with van der Waals surface area (Å²) in [6, 6.07) is 21.0. The molecule has 178 valence electrons. The van der Waals surface area contributed by atoms with Crippen molar-refractivity contribution in [3.8, 4) is 22.5 Å². The zero-order chi connectivity index (χ0) is 25.1. The van der Waals surface area contributed by atoms with Crippen LogP contribution in [-0.4, -0.2) is 21.8 Å². The zero-order valence-corrected chi connectivity index (χ0v) is 21.5. The number of carbonyl (C=O) groups excluding carboxylic acids is 2. The van der Waals surface area contributed by atoms with Crippen molar-refractivity contribution < 1.29 is 9.59 Å². The van der Waals surface area contributed by atoms with E-state index in [9.17, 15) is 9.59 Å². The van der Waals surface area contributed by atoms with Gasteiger partial charge in [-0.2, -0.15) is 0 Å². The van der Waals surface area contributed by atoms with Gasteiger partial charge in [0.15, 0.2) is 10.3 Å². The minimum Gasteiger partial charge on any atom is -0.298 e. The Balaban J connectivity index is 1.20. The highest BCUT2D eigenvalue weighted by molar-refractivity contribution is 7.14. The maximum Gasteiger partial charge on any atom is 0.257 e. The summed E-state index contributed by atoms with van der Waals surface area (Å²) >= 11 is 14.5. The Hall–Kier alpha value is -3.56. The molecule has 2 aromatic heterocycles. The van der Waals surface area contributed by atoms with Gasteiger partial charge in [0.25, 0.3) is 11.8 Å². The summed E-state index contributed by atoms with van der Waals surface area (Å²) in [4.78, 5) is 34.2. The Morgan fingerprint density at radius 3 is 1.31 bits per heavy atom. The van der Waals surface area contributed by atoms with Crippen molar-refractivity contribution in [3.05, 3.63) is 105 Å². The first-order chi connectivity index (χ1) is 17.4. The van der Waals surface area contributed by atoms with Gasteiger partial charge >= 0.3 is 0 Å². The van der Waals surface area contributed by atoms with Crippen LogP contribution in [0.4, 0.5) is 10.3 Å². The molecule has 2 heterocycles. The average Bonchev–Trinajstić information content (AvgIpc) is 3.55. The van der Waals surface area contributed by atoms with Crippen LogP contribution in [0.15, 0.2) is 83.6 Å². The Bertz CT molecular complexity index is 1410. The van der Waals surface area contributed by atoms with E-state index in [4.69, 9.17) is 23.2 Å². The maximum atomic E-state index is 12.7. The number of aromatic nitrogens is 2. The smallest absolute Gasteiger partial charge is 0.257 e. The molecule has 0 saturated heterocycles. The van der Waals surface area contributed by atoms with Gasteiger partial charge in [-0.15, -0.1) is 22.7 Å². The highest BCUT2D eigenvalue weighted by atomic mass is 35.5. The van der Waals surface area contributed by atoms with Gasteiger partial charge in [0.2, 0.25) is 0 Å². The fourth-order valence-corrected chi connectivity index (χ4v) is 4.96. The number of carbonyl (C=O) groups is 2. The normalized spacial score (nSPS) is 10.7. The first-order valence-electron chi connectivity index (χ1n) is 10.6. The van der Waals surface area contributed by atoms with E-state index in [2.05, 4.69) is 20.6 Å². The van der Waals surface area contributed by atoms with Crippen molar-refractivity contribution in [1.82, 2.24) is 9.97 Å². The van der Waals surface area contributed by atoms with Gasteiger partial charge in [-0.25, -0.2) is 9.97 Å². The molecule has 0 atom stereocenters. The second-order valence-electron chi connectivity index (χ2n) is 7.58. The lowest BCUT2D eigenvalue weighted by Gasteiger charge is -2.05. The fraction of sp³-hybridized carbons (Fsp3) is 0. The predicted molar refractivity (Wildman–Crippen MR) is 147 cm³/mol. The van der Waals surface area contributed by atoms with E-state index in [1.807, 2.05) is 35.0 Å². The minimum absolute atomic E-state index is 0.313. The van der Waals surface area contributed by atoms with E-state index in [1.165, 1.54) is 22.7 Å². The molecule has 0 fully saturated rings. The quantitative estimate of drug-likeness (QED) is 0.226. The molecule has 0 spiro atoms. The lowest BCUT2D eigenvalue weighted by Crippen LogP contribution is -2.14. The standard InChI is InChI=1S/C26H16Cl2N4O2S2/c27-19-9-5-15(6-10-19)21-13-35-25(29-21)31-23(33)17-1-2-18(4-3-17)24(34)32-26-30-22(14-36-26)16-7-11-20(28)12-8-16/h1-14H,(H,29,31,33)(H,30,32,34). The lowest BCUT2D eigenvalue weighted by molar-refractivity contribution is 0.101. The van der Waals surface area contributed by atoms with E-state index in [1.54, 1.807) is 48.5 Å². The Kier molecular flexibility index (Phi) is 7.11. The molecule has 0 unspecified atom stereocenters. The fourth-order valence-electron chi connectivity index (χ4n) is 3.28. The average molecular weight is 551 g/mol. The number of nitrogens with one attached hydrogen (secondary N) is 2. The van der Waals surface area contributed by atoms with Gasteiger partial charge in [-0.1, -0.05) is 47.5 Å². The van der Waals surface area contributed by atoms with E-state index >= 15 is 0 Å². The Labute approximate surface area is 224 Å². The van der Waals surface area contributed by atoms with E-state index < -0.39 is 0 Å². The van der Waals surface area contributed by atoms with Crippen LogP contribution in [0.2, 0.25) is 10.0 Å². The van der Waals surface area contributed by atoms with Gasteiger partial charge in [0.1, 0.15) is 0 Å². The van der Waals surface area contributed by atoms with Crippen LogP contribution < -0.4 is 10.6 Å². The first kappa shape index (κ1) is 24.1. The van der Waals surface area contributed by atoms with E-state index in [-0.39, 0.29) is 11.8 Å². The number of halogens is 2. The summed E-state index contributed by atoms with van der Waals surface area (Å²) in [5.74, 6) is -0.627. The number of anilines is 2. The molecular weight excluding hydrogens is 535 g/mol. The minimum atomic E-state index is -0.313. The molecule has 2 amide bonds. The van der Waals surface area contributed by atoms with Crippen LogP contribution in [0.25, 0.3) is 22.5 Å². The molecule has 0 aliphatic heterocycles. The molecule has 0 aliphatic carbocycles. The Morgan fingerprint density at radius 1 is 0.583 bits per heavy atom. The molecule has 5 rings (SSSR count). The number of hydrogen-bond donors (Lipinski definition) is 2. The second kappa shape index (κ2) is 10.6. The van der Waals surface area contributed by atoms with Crippen LogP contribution in [0.3, 0.4) is 0 Å². The van der Waals surface area contributed by atoms with Crippen molar-refractivity contribution >= 4 is 68.0 Å². The SMILES string of the molecule is O=C(Nc1nc(-c2ccc(Cl)cc2)cs1)c1ccc(C(=O)Nc2nc(-c3ccc(Cl)cc3)cs2)cc1. The summed E-state index contributed by atoms with van der Waals surface area (Å²) in [7, 11) is 0. The van der Waals surface area contributed by atoms with Crippen molar-refractivity contribution in [2.24, 2.45) is 0 Å². The monoisotopic (exact) mass is 550 g/mol. The number of benzene rings is 3. The van der Waals surface area contributed by atoms with Gasteiger partial charge in [0.05, 0.1) is 11.4 Å². The van der Waals surface area contributed by atoms with Crippen LogP contribution in [0.1, 0.15) is 20.7 Å². The van der Waals surface area contributed by atoms with Crippen molar-refractivity contribution in [3.63, 3.8) is 0 Å². The van der Waals surface area contributed by atoms with Gasteiger partial charge in [-0.05, 0) is 48.5 Å². The topological polar surface area (TPSA) is 84.0 Å². The predicted octanol–water partition coefficient (Wildman–Crippen LogP) is 7.75. The summed E-state index contributed by atoms with van der Waals surface area (Å²) in [5.41, 5.74) is 4.14.